The Hall–Kier alpha value is -2.80. The summed E-state index contributed by atoms with van der Waals surface area (Å²) in [6.07, 6.45) is 0. The molecule has 0 aromatic heterocycles. The maximum absolute atomic E-state index is 7.03. The molecule has 5 aromatic rings. The van der Waals surface area contributed by atoms with Crippen LogP contribution in [0.4, 0.5) is 17.1 Å². The van der Waals surface area contributed by atoms with E-state index in [0.717, 1.165) is 0 Å². The molecule has 2 aliphatic heterocycles. The summed E-state index contributed by atoms with van der Waals surface area (Å²) in [5.41, 5.74) is 7.32. The minimum atomic E-state index is -2.42. The summed E-state index contributed by atoms with van der Waals surface area (Å²) in [5.74, 6) is 0. The monoisotopic (exact) mass is 605 g/mol. The summed E-state index contributed by atoms with van der Waals surface area (Å²) in [6, 6.07) is 35.5. The molecule has 0 spiro atoms. The van der Waals surface area contributed by atoms with Gasteiger partial charge < -0.3 is 4.90 Å². The van der Waals surface area contributed by atoms with Gasteiger partial charge in [-0.05, 0) is 71.8 Å². The third kappa shape index (κ3) is 3.87. The summed E-state index contributed by atoms with van der Waals surface area (Å²) in [5, 5.41) is 7.55. The van der Waals surface area contributed by atoms with E-state index < -0.39 is 12.1 Å². The SMILES string of the molecule is Cc1ccc2c(c1)P(=S)(c1ccccc1)c1cc(C(C)(C)C)cc3c1N2c1ccc(C)cc1P3(=S)c1ccccc1. The average molecular weight is 606 g/mol. The third-order valence-corrected chi connectivity index (χ3v) is 18.3. The van der Waals surface area contributed by atoms with E-state index in [0.29, 0.717) is 0 Å². The Morgan fingerprint density at radius 3 is 1.34 bits per heavy atom. The molecule has 0 aliphatic carbocycles. The molecule has 0 saturated carbocycles. The lowest BCUT2D eigenvalue weighted by atomic mass is 9.87. The van der Waals surface area contributed by atoms with E-state index in [9.17, 15) is 0 Å². The zero-order chi connectivity index (χ0) is 28.7. The van der Waals surface area contributed by atoms with E-state index in [-0.39, 0.29) is 5.41 Å². The van der Waals surface area contributed by atoms with Crippen LogP contribution in [-0.2, 0) is 29.0 Å². The Morgan fingerprint density at radius 1 is 0.537 bits per heavy atom. The van der Waals surface area contributed by atoms with Crippen LogP contribution in [0.3, 0.4) is 0 Å². The number of hydrogen-bond donors (Lipinski definition) is 0. The molecule has 204 valence electrons. The molecule has 0 amide bonds. The van der Waals surface area contributed by atoms with Crippen molar-refractivity contribution in [3.05, 3.63) is 126 Å². The normalized spacial score (nSPS) is 20.7. The van der Waals surface area contributed by atoms with Crippen LogP contribution in [0.2, 0.25) is 0 Å². The molecule has 0 radical (unpaired) electrons. The van der Waals surface area contributed by atoms with Gasteiger partial charge in [0.1, 0.15) is 0 Å². The fraction of sp³-hybridized carbons (Fsp3) is 0.167. The summed E-state index contributed by atoms with van der Waals surface area (Å²) in [7, 11) is 0. The predicted molar refractivity (Wildman–Crippen MR) is 189 cm³/mol. The topological polar surface area (TPSA) is 3.24 Å². The van der Waals surface area contributed by atoms with E-state index in [1.54, 1.807) is 0 Å². The van der Waals surface area contributed by atoms with Crippen LogP contribution < -0.4 is 36.7 Å². The van der Waals surface area contributed by atoms with E-state index in [1.165, 1.54) is 65.6 Å². The Balaban J connectivity index is 1.73. The molecular weight excluding hydrogens is 572 g/mol. The highest BCUT2D eigenvalue weighted by Crippen LogP contribution is 2.61. The first kappa shape index (κ1) is 27.1. The van der Waals surface area contributed by atoms with E-state index in [4.69, 9.17) is 23.6 Å². The van der Waals surface area contributed by atoms with Crippen molar-refractivity contribution in [1.82, 2.24) is 0 Å². The highest BCUT2D eigenvalue weighted by molar-refractivity contribution is 8.27. The van der Waals surface area contributed by atoms with Gasteiger partial charge in [-0.1, -0.05) is 128 Å². The van der Waals surface area contributed by atoms with Crippen LogP contribution in [0.25, 0.3) is 0 Å². The number of anilines is 3. The zero-order valence-corrected chi connectivity index (χ0v) is 27.5. The molecule has 5 aromatic carbocycles. The molecule has 0 bridgehead atoms. The van der Waals surface area contributed by atoms with Crippen LogP contribution in [0.15, 0.2) is 109 Å². The molecule has 5 heteroatoms. The molecule has 0 N–H and O–H groups in total. The molecule has 7 rings (SSSR count). The first-order valence-corrected chi connectivity index (χ1v) is 19.7. The van der Waals surface area contributed by atoms with E-state index in [2.05, 4.69) is 149 Å². The standard InChI is InChI=1S/C36H33NP2S2/c1-24-16-18-29-31(20-24)38(40,27-12-8-6-9-13-27)33-22-26(36(3,4)5)23-34-35(33)37(29)30-19-17-25(2)21-32(30)39(34,41)28-14-10-7-11-15-28/h6-23H,1-5H3. The Kier molecular flexibility index (Phi) is 6.17. The third-order valence-electron chi connectivity index (χ3n) is 8.50. The van der Waals surface area contributed by atoms with Gasteiger partial charge >= 0.3 is 0 Å². The maximum Gasteiger partial charge on any atom is 0.0644 e. The van der Waals surface area contributed by atoms with Crippen molar-refractivity contribution >= 4 is 84.6 Å². The van der Waals surface area contributed by atoms with E-state index in [1.807, 2.05) is 0 Å². The lowest BCUT2D eigenvalue weighted by Crippen LogP contribution is -2.46. The number of rotatable bonds is 2. The predicted octanol–water partition coefficient (Wildman–Crippen LogP) is 7.21. The van der Waals surface area contributed by atoms with Crippen LogP contribution in [0.1, 0.15) is 37.5 Å². The highest BCUT2D eigenvalue weighted by Gasteiger charge is 2.46. The summed E-state index contributed by atoms with van der Waals surface area (Å²) < 4.78 is 0. The van der Waals surface area contributed by atoms with Crippen LogP contribution in [0, 0.1) is 13.8 Å². The van der Waals surface area contributed by atoms with Crippen molar-refractivity contribution in [3.8, 4) is 0 Å². The molecule has 2 aliphatic rings. The minimum Gasteiger partial charge on any atom is -0.308 e. The average Bonchev–Trinajstić information content (AvgIpc) is 2.97. The minimum absolute atomic E-state index is 0.0656. The van der Waals surface area contributed by atoms with Gasteiger partial charge in [-0.25, -0.2) is 0 Å². The summed E-state index contributed by atoms with van der Waals surface area (Å²) in [4.78, 5) is 2.50. The molecule has 41 heavy (non-hydrogen) atoms. The Labute approximate surface area is 254 Å². The van der Waals surface area contributed by atoms with Crippen LogP contribution >= 0.6 is 12.1 Å². The number of hydrogen-bond acceptors (Lipinski definition) is 3. The number of benzene rings is 5. The first-order chi connectivity index (χ1) is 19.5. The van der Waals surface area contributed by atoms with Crippen molar-refractivity contribution in [3.63, 3.8) is 0 Å². The summed E-state index contributed by atoms with van der Waals surface area (Å²) >= 11 is 14.1. The zero-order valence-electron chi connectivity index (χ0n) is 24.1. The lowest BCUT2D eigenvalue weighted by molar-refractivity contribution is 0.591. The van der Waals surface area contributed by atoms with Gasteiger partial charge in [0.25, 0.3) is 0 Å². The van der Waals surface area contributed by atoms with E-state index >= 15 is 0 Å². The number of nitrogens with zero attached hydrogens (tertiary/aromatic N) is 1. The van der Waals surface area contributed by atoms with Gasteiger partial charge in [0, 0.05) is 33.3 Å². The first-order valence-electron chi connectivity index (χ1n) is 14.1. The maximum atomic E-state index is 7.03. The quantitative estimate of drug-likeness (QED) is 0.192. The molecular formula is C36H33NP2S2. The van der Waals surface area contributed by atoms with Gasteiger partial charge in [0.2, 0.25) is 0 Å². The second kappa shape index (κ2) is 9.35. The van der Waals surface area contributed by atoms with Gasteiger partial charge in [-0.2, -0.15) is 0 Å². The lowest BCUT2D eigenvalue weighted by Gasteiger charge is -2.47. The second-order valence-corrected chi connectivity index (χ2v) is 21.0. The largest absolute Gasteiger partial charge is 0.308 e. The molecule has 2 heterocycles. The molecule has 2 atom stereocenters. The molecule has 2 unspecified atom stereocenters. The second-order valence-electron chi connectivity index (χ2n) is 12.3. The van der Waals surface area contributed by atoms with Crippen molar-refractivity contribution in [1.29, 1.82) is 0 Å². The van der Waals surface area contributed by atoms with Crippen molar-refractivity contribution < 1.29 is 0 Å². The number of aryl methyl sites for hydroxylation is 2. The van der Waals surface area contributed by atoms with Crippen molar-refractivity contribution in [2.75, 3.05) is 4.90 Å². The van der Waals surface area contributed by atoms with Crippen LogP contribution in [0.5, 0.6) is 0 Å². The number of fused-ring (bicyclic) bond motifs is 4. The Bertz CT molecular complexity index is 1820. The smallest absolute Gasteiger partial charge is 0.0644 e. The molecule has 0 saturated heterocycles. The fourth-order valence-electron chi connectivity index (χ4n) is 6.36. The highest BCUT2D eigenvalue weighted by atomic mass is 32.4. The van der Waals surface area contributed by atoms with Gasteiger partial charge in [-0.15, -0.1) is 0 Å². The molecule has 1 nitrogen and oxygen atoms in total. The van der Waals surface area contributed by atoms with Gasteiger partial charge in [0.15, 0.2) is 0 Å². The van der Waals surface area contributed by atoms with Gasteiger partial charge in [0.05, 0.1) is 17.1 Å². The van der Waals surface area contributed by atoms with Crippen molar-refractivity contribution in [2.24, 2.45) is 0 Å². The van der Waals surface area contributed by atoms with Gasteiger partial charge in [-0.3, -0.25) is 0 Å². The summed E-state index contributed by atoms with van der Waals surface area (Å²) in [6.45, 7) is 11.3. The fourth-order valence-corrected chi connectivity index (χ4v) is 15.1. The van der Waals surface area contributed by atoms with Crippen molar-refractivity contribution in [2.45, 2.75) is 40.0 Å². The van der Waals surface area contributed by atoms with Crippen LogP contribution in [-0.4, -0.2) is 0 Å². The molecule has 0 fully saturated rings. The Morgan fingerprint density at radius 2 is 0.951 bits per heavy atom.